The molecule has 0 aromatic carbocycles. The van der Waals surface area contributed by atoms with Crippen LogP contribution >= 0.6 is 0 Å². The van der Waals surface area contributed by atoms with Gasteiger partial charge in [0.05, 0.1) is 11.7 Å². The highest BCUT2D eigenvalue weighted by Gasteiger charge is 2.48. The molecule has 2 rings (SSSR count). The molecule has 0 saturated heterocycles. The monoisotopic (exact) mass is 210 g/mol. The van der Waals surface area contributed by atoms with Crippen LogP contribution in [0.1, 0.15) is 47.0 Å². The predicted molar refractivity (Wildman–Crippen MR) is 60.7 cm³/mol. The maximum Gasteiger partial charge on any atom is 0.103 e. The lowest BCUT2D eigenvalue weighted by atomic mass is 9.67. The van der Waals surface area contributed by atoms with E-state index in [9.17, 15) is 5.11 Å². The second kappa shape index (κ2) is 3.33. The summed E-state index contributed by atoms with van der Waals surface area (Å²) in [5.74, 6) is 0. The molecule has 1 unspecified atom stereocenters. The maximum absolute atomic E-state index is 9.61. The van der Waals surface area contributed by atoms with E-state index in [0.717, 1.165) is 6.42 Å². The van der Waals surface area contributed by atoms with E-state index < -0.39 is 6.10 Å². The van der Waals surface area contributed by atoms with Crippen molar-refractivity contribution in [3.05, 3.63) is 11.6 Å². The average Bonchev–Trinajstić information content (AvgIpc) is 2.43. The van der Waals surface area contributed by atoms with E-state index in [2.05, 4.69) is 26.8 Å². The summed E-state index contributed by atoms with van der Waals surface area (Å²) >= 11 is 0. The summed E-state index contributed by atoms with van der Waals surface area (Å²) in [5, 5.41) is 9.61. The highest BCUT2D eigenvalue weighted by Crippen LogP contribution is 2.51. The van der Waals surface area contributed by atoms with E-state index in [-0.39, 0.29) is 17.1 Å². The minimum Gasteiger partial charge on any atom is -0.390 e. The molecule has 1 aliphatic heterocycles. The average molecular weight is 210 g/mol. The fourth-order valence-corrected chi connectivity index (χ4v) is 3.11. The van der Waals surface area contributed by atoms with Crippen molar-refractivity contribution in [1.82, 2.24) is 0 Å². The third kappa shape index (κ3) is 1.74. The van der Waals surface area contributed by atoms with Crippen molar-refractivity contribution in [1.29, 1.82) is 0 Å². The fourth-order valence-electron chi connectivity index (χ4n) is 3.11. The van der Waals surface area contributed by atoms with Gasteiger partial charge >= 0.3 is 0 Å². The molecule has 15 heavy (non-hydrogen) atoms. The Balaban J connectivity index is 2.32. The molecule has 1 aliphatic carbocycles. The summed E-state index contributed by atoms with van der Waals surface area (Å²) in [7, 11) is 0. The van der Waals surface area contributed by atoms with Crippen LogP contribution in [0.15, 0.2) is 11.6 Å². The summed E-state index contributed by atoms with van der Waals surface area (Å²) in [6, 6.07) is 0. The van der Waals surface area contributed by atoms with E-state index >= 15 is 0 Å². The Hall–Kier alpha value is -0.340. The predicted octanol–water partition coefficient (Wildman–Crippen LogP) is 2.66. The number of fused-ring (bicyclic) bond motifs is 1. The molecule has 2 aliphatic rings. The minimum absolute atomic E-state index is 0.109. The molecule has 0 amide bonds. The summed E-state index contributed by atoms with van der Waals surface area (Å²) in [6.07, 6.45) is 5.17. The maximum atomic E-state index is 9.61. The number of hydrogen-bond donors (Lipinski definition) is 1. The zero-order valence-electron chi connectivity index (χ0n) is 10.2. The van der Waals surface area contributed by atoms with E-state index in [1.165, 1.54) is 18.4 Å². The smallest absolute Gasteiger partial charge is 0.103 e. The lowest BCUT2D eigenvalue weighted by Gasteiger charge is -2.42. The van der Waals surface area contributed by atoms with Crippen LogP contribution in [0.4, 0.5) is 0 Å². The molecule has 2 heteroatoms. The van der Waals surface area contributed by atoms with Gasteiger partial charge in [-0.1, -0.05) is 19.9 Å². The van der Waals surface area contributed by atoms with Crippen LogP contribution in [0.25, 0.3) is 0 Å². The van der Waals surface area contributed by atoms with Crippen LogP contribution in [0.3, 0.4) is 0 Å². The number of aliphatic hydroxyl groups excluding tert-OH is 1. The van der Waals surface area contributed by atoms with Gasteiger partial charge in [-0.3, -0.25) is 0 Å². The number of aliphatic hydroxyl groups is 1. The Morgan fingerprint density at radius 1 is 1.40 bits per heavy atom. The van der Waals surface area contributed by atoms with Gasteiger partial charge in [0.15, 0.2) is 0 Å². The summed E-state index contributed by atoms with van der Waals surface area (Å²) in [4.78, 5) is 0. The lowest BCUT2D eigenvalue weighted by Crippen LogP contribution is -2.40. The van der Waals surface area contributed by atoms with Crippen LogP contribution < -0.4 is 0 Å². The van der Waals surface area contributed by atoms with Gasteiger partial charge in [-0.15, -0.1) is 0 Å². The standard InChI is InChI=1S/C13H22O2/c1-9(14)10-8-11-12(2,3)6-5-7-13(11,4)15-10/h8-10,14H,5-7H2,1-4H3/t9?,10-,13-/m1/s1. The molecular formula is C13H22O2. The van der Waals surface area contributed by atoms with Gasteiger partial charge < -0.3 is 9.84 Å². The molecule has 1 heterocycles. The second-order valence-corrected chi connectivity index (χ2v) is 5.87. The summed E-state index contributed by atoms with van der Waals surface area (Å²) in [6.45, 7) is 8.53. The van der Waals surface area contributed by atoms with Crippen molar-refractivity contribution in [2.24, 2.45) is 5.41 Å². The van der Waals surface area contributed by atoms with Gasteiger partial charge in [-0.05, 0) is 44.1 Å². The molecule has 1 N–H and O–H groups in total. The first-order valence-electron chi connectivity index (χ1n) is 5.94. The Morgan fingerprint density at radius 2 is 2.07 bits per heavy atom. The topological polar surface area (TPSA) is 29.5 Å². The van der Waals surface area contributed by atoms with E-state index in [4.69, 9.17) is 4.74 Å². The zero-order chi connectivity index (χ0) is 11.3. The number of ether oxygens (including phenoxy) is 1. The van der Waals surface area contributed by atoms with E-state index in [1.807, 2.05) is 0 Å². The van der Waals surface area contributed by atoms with Crippen molar-refractivity contribution in [2.75, 3.05) is 0 Å². The second-order valence-electron chi connectivity index (χ2n) is 5.87. The summed E-state index contributed by atoms with van der Waals surface area (Å²) in [5.41, 5.74) is 1.51. The van der Waals surface area contributed by atoms with E-state index in [0.29, 0.717) is 0 Å². The number of hydrogen-bond acceptors (Lipinski definition) is 2. The molecule has 86 valence electrons. The Labute approximate surface area is 92.3 Å². The molecule has 1 fully saturated rings. The largest absolute Gasteiger partial charge is 0.390 e. The molecule has 3 atom stereocenters. The van der Waals surface area contributed by atoms with Gasteiger partial charge in [0, 0.05) is 0 Å². The normalized spacial score (nSPS) is 40.9. The third-order valence-electron chi connectivity index (χ3n) is 3.96. The molecule has 0 aromatic heterocycles. The van der Waals surface area contributed by atoms with Gasteiger partial charge in [-0.2, -0.15) is 0 Å². The van der Waals surface area contributed by atoms with Crippen molar-refractivity contribution in [3.8, 4) is 0 Å². The van der Waals surface area contributed by atoms with Crippen LogP contribution in [0, 0.1) is 5.41 Å². The quantitative estimate of drug-likeness (QED) is 0.674. The van der Waals surface area contributed by atoms with Crippen LogP contribution in [0.5, 0.6) is 0 Å². The van der Waals surface area contributed by atoms with Crippen molar-refractivity contribution < 1.29 is 9.84 Å². The minimum atomic E-state index is -0.407. The van der Waals surface area contributed by atoms with Crippen molar-refractivity contribution >= 4 is 0 Å². The molecule has 0 bridgehead atoms. The van der Waals surface area contributed by atoms with Crippen molar-refractivity contribution in [3.63, 3.8) is 0 Å². The van der Waals surface area contributed by atoms with Gasteiger partial charge in [0.2, 0.25) is 0 Å². The fraction of sp³-hybridized carbons (Fsp3) is 0.846. The van der Waals surface area contributed by atoms with Gasteiger partial charge in [0.25, 0.3) is 0 Å². The Kier molecular flexibility index (Phi) is 2.47. The SMILES string of the molecule is CC(O)[C@H]1C=C2C(C)(C)CCC[C@@]2(C)O1. The van der Waals surface area contributed by atoms with Crippen molar-refractivity contribution in [2.45, 2.75) is 64.8 Å². The van der Waals surface area contributed by atoms with Gasteiger partial charge in [0.1, 0.15) is 6.10 Å². The lowest BCUT2D eigenvalue weighted by molar-refractivity contribution is -0.0807. The molecule has 2 nitrogen and oxygen atoms in total. The Bertz CT molecular complexity index is 291. The Morgan fingerprint density at radius 3 is 2.60 bits per heavy atom. The summed E-state index contributed by atoms with van der Waals surface area (Å²) < 4.78 is 6.01. The van der Waals surface area contributed by atoms with E-state index in [1.54, 1.807) is 6.92 Å². The van der Waals surface area contributed by atoms with Crippen LogP contribution in [0.2, 0.25) is 0 Å². The highest BCUT2D eigenvalue weighted by molar-refractivity contribution is 5.31. The van der Waals surface area contributed by atoms with Crippen LogP contribution in [-0.4, -0.2) is 22.9 Å². The first kappa shape index (κ1) is 11.2. The first-order chi connectivity index (χ1) is 6.85. The van der Waals surface area contributed by atoms with Crippen LogP contribution in [-0.2, 0) is 4.74 Å². The molecular weight excluding hydrogens is 188 g/mol. The molecule has 0 spiro atoms. The first-order valence-corrected chi connectivity index (χ1v) is 5.94. The third-order valence-corrected chi connectivity index (χ3v) is 3.96. The molecule has 0 radical (unpaired) electrons. The number of rotatable bonds is 1. The highest BCUT2D eigenvalue weighted by atomic mass is 16.5. The molecule has 1 saturated carbocycles. The zero-order valence-corrected chi connectivity index (χ0v) is 10.2. The van der Waals surface area contributed by atoms with Gasteiger partial charge in [-0.25, -0.2) is 0 Å². The molecule has 0 aromatic rings.